The molecule has 3 aromatic rings. The van der Waals surface area contributed by atoms with E-state index < -0.39 is 35.4 Å². The smallest absolute Gasteiger partial charge is 0.403 e. The van der Waals surface area contributed by atoms with Crippen LogP contribution in [0.1, 0.15) is 22.1 Å². The predicted octanol–water partition coefficient (Wildman–Crippen LogP) is 3.05. The van der Waals surface area contributed by atoms with Gasteiger partial charge in [0, 0.05) is 18.6 Å². The highest BCUT2D eigenvalue weighted by Crippen LogP contribution is 2.28. The van der Waals surface area contributed by atoms with Crippen molar-refractivity contribution in [2.45, 2.75) is 12.4 Å². The van der Waals surface area contributed by atoms with Gasteiger partial charge < -0.3 is 19.8 Å². The summed E-state index contributed by atoms with van der Waals surface area (Å²) in [6, 6.07) is 2.75. The number of hydrogen-bond donors (Lipinski definition) is 2. The number of methoxy groups -OCH3 is 1. The summed E-state index contributed by atoms with van der Waals surface area (Å²) in [4.78, 5) is 35.1. The average molecular weight is 458 g/mol. The Bertz CT molecular complexity index is 1120. The van der Waals surface area contributed by atoms with Crippen LogP contribution < -0.4 is 15.6 Å². The highest BCUT2D eigenvalue weighted by molar-refractivity contribution is 7.07. The number of aromatic nitrogens is 3. The highest BCUT2D eigenvalue weighted by Gasteiger charge is 2.32. The number of rotatable bonds is 7. The second-order valence-electron chi connectivity index (χ2n) is 6.07. The standard InChI is InChI=1S/C18H14F4N4O4S/c1-29-6-12(9-2-3-14(10(19)4-9)30-18(20,21)22)25-17(28)11-5-15(27)26-16(24-11)13-7-31-8-23-13/h2-5,7-8,12H,6H2,1H3,(H,25,28)(H,24,26,27). The van der Waals surface area contributed by atoms with Crippen molar-refractivity contribution >= 4 is 17.2 Å². The highest BCUT2D eigenvalue weighted by atomic mass is 32.1. The van der Waals surface area contributed by atoms with E-state index in [0.717, 1.165) is 24.3 Å². The fraction of sp³-hybridized carbons (Fsp3) is 0.222. The van der Waals surface area contributed by atoms with Gasteiger partial charge in [0.25, 0.3) is 11.5 Å². The van der Waals surface area contributed by atoms with Gasteiger partial charge in [-0.25, -0.2) is 14.4 Å². The number of H-pyrrole nitrogens is 1. The zero-order chi connectivity index (χ0) is 22.6. The van der Waals surface area contributed by atoms with E-state index in [0.29, 0.717) is 5.69 Å². The van der Waals surface area contributed by atoms with Crippen LogP contribution in [0.2, 0.25) is 0 Å². The Labute approximate surface area is 175 Å². The quantitative estimate of drug-likeness (QED) is 0.528. The fourth-order valence-electron chi connectivity index (χ4n) is 2.59. The summed E-state index contributed by atoms with van der Waals surface area (Å²) in [6.45, 7) is -0.132. The topological polar surface area (TPSA) is 106 Å². The van der Waals surface area contributed by atoms with Crippen LogP contribution in [0.3, 0.4) is 0 Å². The maximum atomic E-state index is 14.1. The number of thiazole rings is 1. The Hall–Kier alpha value is -3.32. The molecule has 2 aromatic heterocycles. The van der Waals surface area contributed by atoms with Crippen molar-refractivity contribution in [3.05, 3.63) is 62.6 Å². The zero-order valence-electron chi connectivity index (χ0n) is 15.7. The number of carbonyl (C=O) groups excluding carboxylic acids is 1. The molecule has 2 heterocycles. The van der Waals surface area contributed by atoms with Gasteiger partial charge in [0.2, 0.25) is 0 Å². The first-order valence-corrected chi connectivity index (χ1v) is 9.45. The van der Waals surface area contributed by atoms with Crippen LogP contribution in [0.25, 0.3) is 11.5 Å². The van der Waals surface area contributed by atoms with Crippen LogP contribution >= 0.6 is 11.3 Å². The maximum absolute atomic E-state index is 14.1. The summed E-state index contributed by atoms with van der Waals surface area (Å²) in [5.74, 6) is -2.98. The number of carbonyl (C=O) groups is 1. The molecule has 1 atom stereocenters. The third-order valence-corrected chi connectivity index (χ3v) is 4.46. The molecule has 0 aliphatic heterocycles. The Morgan fingerprint density at radius 1 is 1.32 bits per heavy atom. The lowest BCUT2D eigenvalue weighted by atomic mass is 10.1. The van der Waals surface area contributed by atoms with E-state index in [1.165, 1.54) is 24.0 Å². The predicted molar refractivity (Wildman–Crippen MR) is 101 cm³/mol. The number of nitrogens with zero attached hydrogens (tertiary/aromatic N) is 2. The van der Waals surface area contributed by atoms with Crippen molar-refractivity contribution in [2.75, 3.05) is 13.7 Å². The molecule has 8 nitrogen and oxygen atoms in total. The van der Waals surface area contributed by atoms with Crippen LogP contribution in [0, 0.1) is 5.82 Å². The van der Waals surface area contributed by atoms with Crippen molar-refractivity contribution in [1.82, 2.24) is 20.3 Å². The lowest BCUT2D eigenvalue weighted by molar-refractivity contribution is -0.275. The van der Waals surface area contributed by atoms with E-state index >= 15 is 0 Å². The second-order valence-corrected chi connectivity index (χ2v) is 6.79. The van der Waals surface area contributed by atoms with Gasteiger partial charge in [-0.05, 0) is 17.7 Å². The number of amides is 1. The number of aromatic amines is 1. The maximum Gasteiger partial charge on any atom is 0.573 e. The molecule has 1 aromatic carbocycles. The van der Waals surface area contributed by atoms with Crippen LogP contribution in [-0.4, -0.2) is 40.9 Å². The summed E-state index contributed by atoms with van der Waals surface area (Å²) >= 11 is 1.27. The number of alkyl halides is 3. The molecule has 0 bridgehead atoms. The molecule has 164 valence electrons. The van der Waals surface area contributed by atoms with E-state index in [-0.39, 0.29) is 23.7 Å². The summed E-state index contributed by atoms with van der Waals surface area (Å²) in [5.41, 5.74) is 1.19. The Morgan fingerprint density at radius 2 is 2.10 bits per heavy atom. The second kappa shape index (κ2) is 9.22. The van der Waals surface area contributed by atoms with Crippen molar-refractivity contribution in [3.63, 3.8) is 0 Å². The van der Waals surface area contributed by atoms with Crippen LogP contribution in [0.15, 0.2) is 40.0 Å². The molecule has 0 saturated carbocycles. The minimum absolute atomic E-state index is 0.0851. The molecule has 1 unspecified atom stereocenters. The van der Waals surface area contributed by atoms with Crippen LogP contribution in [0.5, 0.6) is 5.75 Å². The first-order chi connectivity index (χ1) is 14.7. The van der Waals surface area contributed by atoms with E-state index in [1.54, 1.807) is 5.38 Å². The first-order valence-electron chi connectivity index (χ1n) is 8.51. The van der Waals surface area contributed by atoms with Crippen molar-refractivity contribution in [3.8, 4) is 17.3 Å². The molecule has 13 heteroatoms. The fourth-order valence-corrected chi connectivity index (χ4v) is 3.12. The molecular weight excluding hydrogens is 444 g/mol. The van der Waals surface area contributed by atoms with Gasteiger partial charge in [-0.2, -0.15) is 0 Å². The van der Waals surface area contributed by atoms with Crippen LogP contribution in [0.4, 0.5) is 17.6 Å². The van der Waals surface area contributed by atoms with Gasteiger partial charge in [0.05, 0.1) is 18.2 Å². The third kappa shape index (κ3) is 5.86. The summed E-state index contributed by atoms with van der Waals surface area (Å²) < 4.78 is 59.6. The molecule has 2 N–H and O–H groups in total. The Balaban J connectivity index is 1.84. The lowest BCUT2D eigenvalue weighted by Gasteiger charge is -2.19. The minimum Gasteiger partial charge on any atom is -0.403 e. The molecule has 0 saturated heterocycles. The summed E-state index contributed by atoms with van der Waals surface area (Å²) in [7, 11) is 1.32. The van der Waals surface area contributed by atoms with Crippen molar-refractivity contribution < 1.29 is 31.8 Å². The SMILES string of the molecule is COCC(NC(=O)c1cc(=O)[nH]c(-c2cscn2)n1)c1ccc(OC(F)(F)F)c(F)c1. The average Bonchev–Trinajstić information content (AvgIpc) is 3.22. The Kier molecular flexibility index (Phi) is 6.65. The van der Waals surface area contributed by atoms with E-state index in [9.17, 15) is 27.2 Å². The molecule has 3 rings (SSSR count). The monoisotopic (exact) mass is 458 g/mol. The summed E-state index contributed by atoms with van der Waals surface area (Å²) in [6.07, 6.45) is -5.05. The van der Waals surface area contributed by atoms with Crippen LogP contribution in [-0.2, 0) is 4.74 Å². The van der Waals surface area contributed by atoms with E-state index in [4.69, 9.17) is 4.74 Å². The molecule has 0 radical (unpaired) electrons. The number of benzene rings is 1. The van der Waals surface area contributed by atoms with Gasteiger partial charge in [-0.3, -0.25) is 9.59 Å². The number of nitrogens with one attached hydrogen (secondary N) is 2. The van der Waals surface area contributed by atoms with Gasteiger partial charge in [0.1, 0.15) is 11.4 Å². The van der Waals surface area contributed by atoms with Gasteiger partial charge in [-0.1, -0.05) is 6.07 Å². The van der Waals surface area contributed by atoms with Crippen molar-refractivity contribution in [2.24, 2.45) is 0 Å². The first kappa shape index (κ1) is 22.4. The summed E-state index contributed by atoms with van der Waals surface area (Å²) in [5, 5.41) is 4.14. The third-order valence-electron chi connectivity index (χ3n) is 3.87. The zero-order valence-corrected chi connectivity index (χ0v) is 16.5. The number of hydrogen-bond acceptors (Lipinski definition) is 7. The molecule has 31 heavy (non-hydrogen) atoms. The molecule has 0 fully saturated rings. The number of halogens is 4. The van der Waals surface area contributed by atoms with E-state index in [1.807, 2.05) is 0 Å². The van der Waals surface area contributed by atoms with Crippen molar-refractivity contribution in [1.29, 1.82) is 0 Å². The van der Waals surface area contributed by atoms with Gasteiger partial charge in [0.15, 0.2) is 17.4 Å². The molecule has 0 aliphatic carbocycles. The van der Waals surface area contributed by atoms with Gasteiger partial charge >= 0.3 is 6.36 Å². The molecule has 0 aliphatic rings. The van der Waals surface area contributed by atoms with Gasteiger partial charge in [-0.15, -0.1) is 24.5 Å². The lowest BCUT2D eigenvalue weighted by Crippen LogP contribution is -2.33. The normalized spacial score (nSPS) is 12.4. The van der Waals surface area contributed by atoms with E-state index in [2.05, 4.69) is 25.0 Å². The molecular formula is C18H14F4N4O4S. The molecule has 1 amide bonds. The number of ether oxygens (including phenoxy) is 2. The largest absolute Gasteiger partial charge is 0.573 e. The molecule has 0 spiro atoms. The minimum atomic E-state index is -5.05. The Morgan fingerprint density at radius 3 is 2.71 bits per heavy atom.